The Morgan fingerprint density at radius 3 is 2.05 bits per heavy atom. The standard InChI is InChI=1S/C16H14F4/c1-8(2)12-6-11(17)7-13(18)15(12)10-4-9(3)16(20)14(19)5-10/h4-8H,1-3H3. The van der Waals surface area contributed by atoms with Crippen LogP contribution in [0.2, 0.25) is 0 Å². The van der Waals surface area contributed by atoms with Crippen LogP contribution in [0.25, 0.3) is 11.1 Å². The van der Waals surface area contributed by atoms with Gasteiger partial charge in [-0.25, -0.2) is 17.6 Å². The summed E-state index contributed by atoms with van der Waals surface area (Å²) in [6, 6.07) is 4.27. The monoisotopic (exact) mass is 282 g/mol. The molecule has 0 nitrogen and oxygen atoms in total. The number of benzene rings is 2. The van der Waals surface area contributed by atoms with Gasteiger partial charge >= 0.3 is 0 Å². The zero-order chi connectivity index (χ0) is 15.0. The Kier molecular flexibility index (Phi) is 3.84. The van der Waals surface area contributed by atoms with Gasteiger partial charge in [0.1, 0.15) is 11.6 Å². The molecule has 0 aliphatic heterocycles. The molecule has 0 aromatic heterocycles. The van der Waals surface area contributed by atoms with Gasteiger partial charge in [0.05, 0.1) is 0 Å². The summed E-state index contributed by atoms with van der Waals surface area (Å²) < 4.78 is 54.2. The summed E-state index contributed by atoms with van der Waals surface area (Å²) in [6.45, 7) is 4.97. The Morgan fingerprint density at radius 2 is 1.50 bits per heavy atom. The van der Waals surface area contributed by atoms with Crippen LogP contribution in [0.1, 0.15) is 30.9 Å². The molecule has 20 heavy (non-hydrogen) atoms. The molecule has 0 heterocycles. The molecule has 0 saturated carbocycles. The van der Waals surface area contributed by atoms with Crippen LogP contribution in [0, 0.1) is 30.2 Å². The van der Waals surface area contributed by atoms with E-state index in [2.05, 4.69) is 0 Å². The highest BCUT2D eigenvalue weighted by atomic mass is 19.2. The number of rotatable bonds is 2. The van der Waals surface area contributed by atoms with E-state index in [9.17, 15) is 17.6 Å². The van der Waals surface area contributed by atoms with Gasteiger partial charge < -0.3 is 0 Å². The Morgan fingerprint density at radius 1 is 0.850 bits per heavy atom. The quantitative estimate of drug-likeness (QED) is 0.652. The molecule has 4 heteroatoms. The highest BCUT2D eigenvalue weighted by Gasteiger charge is 2.18. The van der Waals surface area contributed by atoms with Gasteiger partial charge in [0.2, 0.25) is 0 Å². The van der Waals surface area contributed by atoms with E-state index in [0.717, 1.165) is 12.1 Å². The highest BCUT2D eigenvalue weighted by Crippen LogP contribution is 2.34. The zero-order valence-corrected chi connectivity index (χ0v) is 11.4. The van der Waals surface area contributed by atoms with E-state index < -0.39 is 23.3 Å². The lowest BCUT2D eigenvalue weighted by atomic mass is 9.91. The van der Waals surface area contributed by atoms with Crippen molar-refractivity contribution in [3.05, 3.63) is 58.7 Å². The summed E-state index contributed by atoms with van der Waals surface area (Å²) in [6.07, 6.45) is 0. The maximum Gasteiger partial charge on any atom is 0.161 e. The van der Waals surface area contributed by atoms with Gasteiger partial charge in [-0.2, -0.15) is 0 Å². The molecule has 0 atom stereocenters. The first kappa shape index (κ1) is 14.6. The second-order valence-electron chi connectivity index (χ2n) is 5.10. The van der Waals surface area contributed by atoms with Gasteiger partial charge in [0.25, 0.3) is 0 Å². The molecular formula is C16H14F4. The van der Waals surface area contributed by atoms with Crippen LogP contribution in [-0.4, -0.2) is 0 Å². The number of hydrogen-bond donors (Lipinski definition) is 0. The second-order valence-corrected chi connectivity index (χ2v) is 5.10. The molecule has 0 aliphatic carbocycles. The van der Waals surface area contributed by atoms with Gasteiger partial charge in [-0.05, 0) is 47.7 Å². The first-order valence-corrected chi connectivity index (χ1v) is 6.26. The van der Waals surface area contributed by atoms with Crippen molar-refractivity contribution in [2.75, 3.05) is 0 Å². The predicted molar refractivity (Wildman–Crippen MR) is 70.5 cm³/mol. The number of aryl methyl sites for hydroxylation is 1. The fourth-order valence-electron chi connectivity index (χ4n) is 2.22. The fourth-order valence-corrected chi connectivity index (χ4v) is 2.22. The minimum Gasteiger partial charge on any atom is -0.207 e. The molecule has 2 rings (SSSR count). The lowest BCUT2D eigenvalue weighted by Gasteiger charge is -2.15. The lowest BCUT2D eigenvalue weighted by molar-refractivity contribution is 0.503. The van der Waals surface area contributed by atoms with Gasteiger partial charge in [0.15, 0.2) is 11.6 Å². The smallest absolute Gasteiger partial charge is 0.161 e. The molecule has 0 bridgehead atoms. The summed E-state index contributed by atoms with van der Waals surface area (Å²) >= 11 is 0. The van der Waals surface area contributed by atoms with Crippen LogP contribution in [0.5, 0.6) is 0 Å². The van der Waals surface area contributed by atoms with Crippen LogP contribution in [0.4, 0.5) is 17.6 Å². The molecule has 0 unspecified atom stereocenters. The van der Waals surface area contributed by atoms with Crippen molar-refractivity contribution in [2.24, 2.45) is 0 Å². The van der Waals surface area contributed by atoms with Gasteiger partial charge in [0, 0.05) is 11.6 Å². The molecule has 0 N–H and O–H groups in total. The Hall–Kier alpha value is -1.84. The van der Waals surface area contributed by atoms with Gasteiger partial charge in [-0.1, -0.05) is 13.8 Å². The largest absolute Gasteiger partial charge is 0.207 e. The maximum atomic E-state index is 14.1. The van der Waals surface area contributed by atoms with Gasteiger partial charge in [-0.15, -0.1) is 0 Å². The molecule has 0 radical (unpaired) electrons. The average Bonchev–Trinajstić information content (AvgIpc) is 2.34. The molecule has 2 aromatic rings. The molecule has 0 fully saturated rings. The first-order chi connectivity index (χ1) is 9.31. The number of hydrogen-bond acceptors (Lipinski definition) is 0. The summed E-state index contributed by atoms with van der Waals surface area (Å²) in [4.78, 5) is 0. The summed E-state index contributed by atoms with van der Waals surface area (Å²) in [5.74, 6) is -3.61. The van der Waals surface area contributed by atoms with Crippen LogP contribution in [-0.2, 0) is 0 Å². The Balaban J connectivity index is 2.75. The van der Waals surface area contributed by atoms with E-state index >= 15 is 0 Å². The molecule has 0 spiro atoms. The van der Waals surface area contributed by atoms with E-state index in [0.29, 0.717) is 5.56 Å². The van der Waals surface area contributed by atoms with Crippen molar-refractivity contribution in [1.29, 1.82) is 0 Å². The minimum absolute atomic E-state index is 0.0819. The lowest BCUT2D eigenvalue weighted by Crippen LogP contribution is -2.00. The number of halogens is 4. The SMILES string of the molecule is Cc1cc(-c2c(F)cc(F)cc2C(C)C)cc(F)c1F. The third kappa shape index (κ3) is 2.55. The third-order valence-corrected chi connectivity index (χ3v) is 3.21. The summed E-state index contributed by atoms with van der Waals surface area (Å²) in [5.41, 5.74) is 0.831. The van der Waals surface area contributed by atoms with Gasteiger partial charge in [-0.3, -0.25) is 0 Å². The average molecular weight is 282 g/mol. The third-order valence-electron chi connectivity index (χ3n) is 3.21. The minimum atomic E-state index is -1.04. The van der Waals surface area contributed by atoms with Crippen molar-refractivity contribution in [2.45, 2.75) is 26.7 Å². The van der Waals surface area contributed by atoms with E-state index in [4.69, 9.17) is 0 Å². The molecule has 106 valence electrons. The Labute approximate surface area is 115 Å². The molecular weight excluding hydrogens is 268 g/mol. The van der Waals surface area contributed by atoms with Crippen LogP contribution >= 0.6 is 0 Å². The van der Waals surface area contributed by atoms with Crippen molar-refractivity contribution >= 4 is 0 Å². The summed E-state index contributed by atoms with van der Waals surface area (Å²) in [5, 5.41) is 0. The van der Waals surface area contributed by atoms with E-state index in [1.807, 2.05) is 0 Å². The molecule has 0 amide bonds. The van der Waals surface area contributed by atoms with Crippen molar-refractivity contribution in [3.8, 4) is 11.1 Å². The normalized spacial score (nSPS) is 11.2. The summed E-state index contributed by atoms with van der Waals surface area (Å²) in [7, 11) is 0. The second kappa shape index (κ2) is 5.27. The molecule has 2 aromatic carbocycles. The van der Waals surface area contributed by atoms with E-state index in [-0.39, 0.29) is 22.6 Å². The topological polar surface area (TPSA) is 0 Å². The van der Waals surface area contributed by atoms with Crippen molar-refractivity contribution in [1.82, 2.24) is 0 Å². The fraction of sp³-hybridized carbons (Fsp3) is 0.250. The van der Waals surface area contributed by atoms with E-state index in [1.165, 1.54) is 19.1 Å². The maximum absolute atomic E-state index is 14.1. The van der Waals surface area contributed by atoms with Crippen LogP contribution < -0.4 is 0 Å². The first-order valence-electron chi connectivity index (χ1n) is 6.26. The predicted octanol–water partition coefficient (Wildman–Crippen LogP) is 5.34. The molecule has 0 saturated heterocycles. The zero-order valence-electron chi connectivity index (χ0n) is 11.4. The highest BCUT2D eigenvalue weighted by molar-refractivity contribution is 5.69. The Bertz CT molecular complexity index is 637. The van der Waals surface area contributed by atoms with E-state index in [1.54, 1.807) is 13.8 Å². The molecule has 0 aliphatic rings. The van der Waals surface area contributed by atoms with Crippen LogP contribution in [0.15, 0.2) is 24.3 Å². The van der Waals surface area contributed by atoms with Crippen molar-refractivity contribution < 1.29 is 17.6 Å². The van der Waals surface area contributed by atoms with Crippen molar-refractivity contribution in [3.63, 3.8) is 0 Å². The van der Waals surface area contributed by atoms with Crippen LogP contribution in [0.3, 0.4) is 0 Å².